The average Bonchev–Trinajstić information content (AvgIpc) is 2.30. The lowest BCUT2D eigenvalue weighted by Crippen LogP contribution is -2.15. The van der Waals surface area contributed by atoms with Crippen LogP contribution in [-0.4, -0.2) is 10.8 Å². The van der Waals surface area contributed by atoms with Crippen LogP contribution in [0.4, 0.5) is 5.69 Å². The van der Waals surface area contributed by atoms with E-state index in [2.05, 4.69) is 24.9 Å². The van der Waals surface area contributed by atoms with Crippen LogP contribution in [0.2, 0.25) is 0 Å². The third-order valence-electron chi connectivity index (χ3n) is 3.56. The lowest BCUT2D eigenvalue weighted by Gasteiger charge is -2.28. The summed E-state index contributed by atoms with van der Waals surface area (Å²) in [7, 11) is 0. The Morgan fingerprint density at radius 1 is 1.39 bits per heavy atom. The molecule has 1 aromatic heterocycles. The molecule has 18 heavy (non-hydrogen) atoms. The van der Waals surface area contributed by atoms with Gasteiger partial charge in [-0.2, -0.15) is 0 Å². The van der Waals surface area contributed by atoms with Crippen molar-refractivity contribution in [3.63, 3.8) is 0 Å². The first-order valence-corrected chi connectivity index (χ1v) is 6.36. The van der Waals surface area contributed by atoms with Gasteiger partial charge in [0.2, 0.25) is 0 Å². The Kier molecular flexibility index (Phi) is 3.24. The molecule has 0 bridgehead atoms. The minimum absolute atomic E-state index is 0.0204. The molecule has 2 N–H and O–H groups in total. The van der Waals surface area contributed by atoms with Gasteiger partial charge in [-0.3, -0.25) is 4.79 Å². The second-order valence-corrected chi connectivity index (χ2v) is 5.79. The van der Waals surface area contributed by atoms with E-state index in [1.54, 1.807) is 12.1 Å². The van der Waals surface area contributed by atoms with Gasteiger partial charge in [0.25, 0.3) is 0 Å². The van der Waals surface area contributed by atoms with Crippen LogP contribution in [0.5, 0.6) is 0 Å². The van der Waals surface area contributed by atoms with Crippen molar-refractivity contribution in [3.8, 4) is 0 Å². The summed E-state index contributed by atoms with van der Waals surface area (Å²) in [4.78, 5) is 15.8. The Morgan fingerprint density at radius 3 is 2.67 bits per heavy atom. The Bertz CT molecular complexity index is 515. The lowest BCUT2D eigenvalue weighted by molar-refractivity contribution is 0.101. The fourth-order valence-corrected chi connectivity index (χ4v) is 2.21. The minimum Gasteiger partial charge on any atom is -0.397 e. The van der Waals surface area contributed by atoms with E-state index in [9.17, 15) is 4.79 Å². The number of Topliss-reactive ketones (excluding diaryl/α,β-unsaturated/α-hetero) is 1. The third-order valence-corrected chi connectivity index (χ3v) is 3.56. The van der Waals surface area contributed by atoms with Gasteiger partial charge in [-0.25, -0.2) is 4.98 Å². The largest absolute Gasteiger partial charge is 0.397 e. The molecule has 0 saturated heterocycles. The predicted octanol–water partition coefficient (Wildman–Crippen LogP) is 3.46. The van der Waals surface area contributed by atoms with Gasteiger partial charge >= 0.3 is 0 Å². The van der Waals surface area contributed by atoms with Crippen molar-refractivity contribution in [2.24, 2.45) is 5.41 Å². The zero-order valence-electron chi connectivity index (χ0n) is 11.3. The fraction of sp³-hybridized carbons (Fsp3) is 0.467. The van der Waals surface area contributed by atoms with Gasteiger partial charge in [0.1, 0.15) is 5.69 Å². The van der Waals surface area contributed by atoms with Gasteiger partial charge in [0.15, 0.2) is 5.78 Å². The summed E-state index contributed by atoms with van der Waals surface area (Å²) in [6, 6.07) is 3.47. The summed E-state index contributed by atoms with van der Waals surface area (Å²) in [6.45, 7) is 6.06. The number of ketones is 1. The molecule has 0 atom stereocenters. The molecule has 2 rings (SSSR count). The maximum absolute atomic E-state index is 11.4. The number of carbonyl (C=O) groups is 1. The molecule has 3 nitrogen and oxygen atoms in total. The Hall–Kier alpha value is -1.64. The highest BCUT2D eigenvalue weighted by Gasteiger charge is 2.23. The molecule has 0 saturated carbocycles. The van der Waals surface area contributed by atoms with Crippen LogP contribution < -0.4 is 5.73 Å². The SMILES string of the molecule is CC(=O)c1ccc(N)c(C2=CCC(C)(C)CC2)n1. The van der Waals surface area contributed by atoms with E-state index in [0.29, 0.717) is 16.8 Å². The van der Waals surface area contributed by atoms with E-state index in [4.69, 9.17) is 5.73 Å². The number of nitrogens with zero attached hydrogens (tertiary/aromatic N) is 1. The van der Waals surface area contributed by atoms with Crippen molar-refractivity contribution in [2.45, 2.75) is 40.0 Å². The van der Waals surface area contributed by atoms with E-state index >= 15 is 0 Å². The fourth-order valence-electron chi connectivity index (χ4n) is 2.21. The van der Waals surface area contributed by atoms with Crippen LogP contribution in [0.3, 0.4) is 0 Å². The number of nitrogen functional groups attached to an aromatic ring is 1. The van der Waals surface area contributed by atoms with Crippen molar-refractivity contribution in [2.75, 3.05) is 5.73 Å². The monoisotopic (exact) mass is 244 g/mol. The van der Waals surface area contributed by atoms with E-state index in [1.807, 2.05) is 0 Å². The molecular weight excluding hydrogens is 224 g/mol. The molecule has 1 heterocycles. The summed E-state index contributed by atoms with van der Waals surface area (Å²) in [5, 5.41) is 0. The number of aromatic nitrogens is 1. The quantitative estimate of drug-likeness (QED) is 0.810. The smallest absolute Gasteiger partial charge is 0.178 e. The maximum atomic E-state index is 11.4. The molecule has 0 fully saturated rings. The second kappa shape index (κ2) is 4.56. The number of hydrogen-bond acceptors (Lipinski definition) is 3. The number of pyridine rings is 1. The number of allylic oxidation sites excluding steroid dienone is 2. The standard InChI is InChI=1S/C15H20N2O/c1-10(18)13-5-4-12(16)14(17-13)11-6-8-15(2,3)9-7-11/h4-6H,7-9,16H2,1-3H3. The van der Waals surface area contributed by atoms with Crippen molar-refractivity contribution in [1.29, 1.82) is 0 Å². The van der Waals surface area contributed by atoms with Gasteiger partial charge in [-0.15, -0.1) is 0 Å². The molecule has 1 aromatic rings. The summed E-state index contributed by atoms with van der Waals surface area (Å²) in [5.41, 5.74) is 9.45. The highest BCUT2D eigenvalue weighted by atomic mass is 16.1. The van der Waals surface area contributed by atoms with E-state index < -0.39 is 0 Å². The summed E-state index contributed by atoms with van der Waals surface area (Å²) >= 11 is 0. The van der Waals surface area contributed by atoms with Gasteiger partial charge in [0, 0.05) is 6.92 Å². The molecule has 0 unspecified atom stereocenters. The predicted molar refractivity (Wildman–Crippen MR) is 74.3 cm³/mol. The van der Waals surface area contributed by atoms with E-state index in [1.165, 1.54) is 12.5 Å². The zero-order chi connectivity index (χ0) is 13.3. The minimum atomic E-state index is -0.0204. The van der Waals surface area contributed by atoms with Crippen LogP contribution in [0.1, 0.15) is 56.2 Å². The Labute approximate surface area is 108 Å². The maximum Gasteiger partial charge on any atom is 0.178 e. The molecule has 1 aliphatic rings. The molecule has 0 amide bonds. The van der Waals surface area contributed by atoms with Gasteiger partial charge < -0.3 is 5.73 Å². The number of anilines is 1. The highest BCUT2D eigenvalue weighted by molar-refractivity contribution is 5.93. The number of rotatable bonds is 2. The van der Waals surface area contributed by atoms with Crippen LogP contribution in [0.25, 0.3) is 5.57 Å². The molecule has 96 valence electrons. The van der Waals surface area contributed by atoms with Crippen molar-refractivity contribution >= 4 is 17.0 Å². The first-order chi connectivity index (χ1) is 8.39. The molecule has 1 aliphatic carbocycles. The highest BCUT2D eigenvalue weighted by Crippen LogP contribution is 2.38. The van der Waals surface area contributed by atoms with Gasteiger partial charge in [-0.05, 0) is 42.4 Å². The summed E-state index contributed by atoms with van der Waals surface area (Å²) < 4.78 is 0. The van der Waals surface area contributed by atoms with E-state index in [-0.39, 0.29) is 5.78 Å². The Morgan fingerprint density at radius 2 is 2.11 bits per heavy atom. The zero-order valence-corrected chi connectivity index (χ0v) is 11.3. The first kappa shape index (κ1) is 12.8. The number of carbonyl (C=O) groups excluding carboxylic acids is 1. The van der Waals surface area contributed by atoms with Crippen LogP contribution in [0.15, 0.2) is 18.2 Å². The molecule has 0 aromatic carbocycles. The first-order valence-electron chi connectivity index (χ1n) is 6.36. The van der Waals surface area contributed by atoms with Crippen LogP contribution >= 0.6 is 0 Å². The lowest BCUT2D eigenvalue weighted by atomic mass is 9.77. The van der Waals surface area contributed by atoms with Crippen molar-refractivity contribution < 1.29 is 4.79 Å². The number of hydrogen-bond donors (Lipinski definition) is 1. The van der Waals surface area contributed by atoms with Crippen molar-refractivity contribution in [1.82, 2.24) is 4.98 Å². The van der Waals surface area contributed by atoms with Crippen LogP contribution in [-0.2, 0) is 0 Å². The normalized spacial score (nSPS) is 18.3. The molecule has 0 radical (unpaired) electrons. The summed E-state index contributed by atoms with van der Waals surface area (Å²) in [6.07, 6.45) is 5.36. The average molecular weight is 244 g/mol. The van der Waals surface area contributed by atoms with E-state index in [0.717, 1.165) is 25.0 Å². The van der Waals surface area contributed by atoms with Gasteiger partial charge in [0.05, 0.1) is 11.4 Å². The third kappa shape index (κ3) is 2.61. The number of nitrogens with two attached hydrogens (primary N) is 1. The molecule has 0 aliphatic heterocycles. The summed E-state index contributed by atoms with van der Waals surface area (Å²) in [5.74, 6) is -0.0204. The second-order valence-electron chi connectivity index (χ2n) is 5.79. The topological polar surface area (TPSA) is 56.0 Å². The van der Waals surface area contributed by atoms with Crippen molar-refractivity contribution in [3.05, 3.63) is 29.6 Å². The molecule has 3 heteroatoms. The van der Waals surface area contributed by atoms with Crippen LogP contribution in [0, 0.1) is 5.41 Å². The molecular formula is C15H20N2O. The molecule has 0 spiro atoms. The Balaban J connectivity index is 2.37. The van der Waals surface area contributed by atoms with Gasteiger partial charge in [-0.1, -0.05) is 19.9 Å².